The van der Waals surface area contributed by atoms with Gasteiger partial charge in [0, 0.05) is 29.6 Å². The predicted octanol–water partition coefficient (Wildman–Crippen LogP) is 4.18. The first-order chi connectivity index (χ1) is 9.08. The van der Waals surface area contributed by atoms with Crippen molar-refractivity contribution >= 4 is 29.1 Å². The highest BCUT2D eigenvalue weighted by Gasteiger charge is 2.21. The molecule has 1 atom stereocenters. The van der Waals surface area contributed by atoms with E-state index in [1.54, 1.807) is 0 Å². The number of nitrogens with zero attached hydrogens (tertiary/aromatic N) is 1. The third-order valence-electron chi connectivity index (χ3n) is 3.66. The van der Waals surface area contributed by atoms with Gasteiger partial charge in [0.1, 0.15) is 0 Å². The second kappa shape index (κ2) is 6.62. The van der Waals surface area contributed by atoms with E-state index < -0.39 is 0 Å². The van der Waals surface area contributed by atoms with Crippen molar-refractivity contribution < 1.29 is 4.79 Å². The summed E-state index contributed by atoms with van der Waals surface area (Å²) in [7, 11) is 0. The van der Waals surface area contributed by atoms with E-state index in [-0.39, 0.29) is 5.91 Å². The number of likely N-dealkylation sites (tertiary alicyclic amines) is 1. The van der Waals surface area contributed by atoms with Gasteiger partial charge in [-0.05, 0) is 42.9 Å². The highest BCUT2D eigenvalue weighted by atomic mass is 35.5. The van der Waals surface area contributed by atoms with Crippen molar-refractivity contribution in [1.29, 1.82) is 0 Å². The first-order valence-electron chi connectivity index (χ1n) is 6.78. The third kappa shape index (κ3) is 3.87. The fourth-order valence-corrected chi connectivity index (χ4v) is 3.16. The monoisotopic (exact) mass is 299 g/mol. The molecule has 1 unspecified atom stereocenters. The van der Waals surface area contributed by atoms with Crippen molar-refractivity contribution in [3.05, 3.63) is 33.8 Å². The van der Waals surface area contributed by atoms with Crippen molar-refractivity contribution in [3.8, 4) is 0 Å². The summed E-state index contributed by atoms with van der Waals surface area (Å²) in [5, 5.41) is 1.29. The van der Waals surface area contributed by atoms with Crippen molar-refractivity contribution in [2.75, 3.05) is 13.1 Å². The first-order valence-corrected chi connectivity index (χ1v) is 7.54. The van der Waals surface area contributed by atoms with Gasteiger partial charge in [-0.3, -0.25) is 4.79 Å². The van der Waals surface area contributed by atoms with Crippen LogP contribution in [0.5, 0.6) is 0 Å². The summed E-state index contributed by atoms with van der Waals surface area (Å²) in [6.07, 6.45) is 3.43. The fraction of sp³-hybridized carbons (Fsp3) is 0.533. The number of carbonyl (C=O) groups excluding carboxylic acids is 1. The van der Waals surface area contributed by atoms with Gasteiger partial charge in [-0.15, -0.1) is 0 Å². The maximum absolute atomic E-state index is 12.2. The maximum Gasteiger partial charge on any atom is 0.222 e. The molecule has 0 bridgehead atoms. The van der Waals surface area contributed by atoms with Gasteiger partial charge in [-0.1, -0.05) is 36.2 Å². The SMILES string of the molecule is CC1CCCN(C(=O)CCc2c(Cl)cccc2Cl)C1. The molecule has 1 aromatic rings. The first kappa shape index (κ1) is 14.7. The number of benzene rings is 1. The van der Waals surface area contributed by atoms with Crippen LogP contribution in [0.15, 0.2) is 18.2 Å². The van der Waals surface area contributed by atoms with E-state index in [1.807, 2.05) is 23.1 Å². The van der Waals surface area contributed by atoms with Crippen LogP contribution in [-0.2, 0) is 11.2 Å². The van der Waals surface area contributed by atoms with Gasteiger partial charge in [0.05, 0.1) is 0 Å². The molecule has 1 aliphatic rings. The Morgan fingerprint density at radius 2 is 2.05 bits per heavy atom. The number of carbonyl (C=O) groups is 1. The van der Waals surface area contributed by atoms with E-state index in [1.165, 1.54) is 6.42 Å². The average molecular weight is 300 g/mol. The molecular formula is C15H19Cl2NO. The van der Waals surface area contributed by atoms with E-state index in [9.17, 15) is 4.79 Å². The molecule has 1 saturated heterocycles. The molecule has 1 aromatic carbocycles. The second-order valence-corrected chi connectivity index (χ2v) is 6.10. The zero-order valence-electron chi connectivity index (χ0n) is 11.2. The topological polar surface area (TPSA) is 20.3 Å². The van der Waals surface area contributed by atoms with Crippen LogP contribution in [0.4, 0.5) is 0 Å². The van der Waals surface area contributed by atoms with Gasteiger partial charge >= 0.3 is 0 Å². The summed E-state index contributed by atoms with van der Waals surface area (Å²) >= 11 is 12.2. The molecule has 0 aromatic heterocycles. The molecule has 0 spiro atoms. The van der Waals surface area contributed by atoms with E-state index >= 15 is 0 Å². The molecule has 1 amide bonds. The smallest absolute Gasteiger partial charge is 0.222 e. The normalized spacial score (nSPS) is 19.5. The van der Waals surface area contributed by atoms with Crippen LogP contribution in [0.3, 0.4) is 0 Å². The number of halogens is 2. The summed E-state index contributed by atoms with van der Waals surface area (Å²) < 4.78 is 0. The lowest BCUT2D eigenvalue weighted by Crippen LogP contribution is -2.39. The summed E-state index contributed by atoms with van der Waals surface area (Å²) in [4.78, 5) is 14.2. The van der Waals surface area contributed by atoms with Crippen LogP contribution in [-0.4, -0.2) is 23.9 Å². The molecule has 0 radical (unpaired) electrons. The summed E-state index contributed by atoms with van der Waals surface area (Å²) in [5.41, 5.74) is 0.879. The molecule has 0 aliphatic carbocycles. The molecule has 4 heteroatoms. The van der Waals surface area contributed by atoms with Crippen LogP contribution in [0.25, 0.3) is 0 Å². The van der Waals surface area contributed by atoms with Gasteiger partial charge in [0.15, 0.2) is 0 Å². The lowest BCUT2D eigenvalue weighted by atomic mass is 9.99. The Hall–Kier alpha value is -0.730. The Morgan fingerprint density at radius 1 is 1.37 bits per heavy atom. The van der Waals surface area contributed by atoms with Gasteiger partial charge in [-0.25, -0.2) is 0 Å². The highest BCUT2D eigenvalue weighted by Crippen LogP contribution is 2.26. The lowest BCUT2D eigenvalue weighted by molar-refractivity contribution is -0.132. The minimum Gasteiger partial charge on any atom is -0.342 e. The quantitative estimate of drug-likeness (QED) is 0.820. The van der Waals surface area contributed by atoms with Crippen LogP contribution in [0.1, 0.15) is 31.7 Å². The molecule has 2 nitrogen and oxygen atoms in total. The summed E-state index contributed by atoms with van der Waals surface area (Å²) in [6.45, 7) is 3.97. The van der Waals surface area contributed by atoms with Crippen LogP contribution in [0, 0.1) is 5.92 Å². The molecule has 1 fully saturated rings. The van der Waals surface area contributed by atoms with Gasteiger partial charge in [0.25, 0.3) is 0 Å². The Morgan fingerprint density at radius 3 is 2.68 bits per heavy atom. The molecule has 2 rings (SSSR count). The second-order valence-electron chi connectivity index (χ2n) is 5.29. The molecule has 104 valence electrons. The number of hydrogen-bond donors (Lipinski definition) is 0. The Bertz CT molecular complexity index is 441. The van der Waals surface area contributed by atoms with Gasteiger partial charge in [0.2, 0.25) is 5.91 Å². The number of rotatable bonds is 3. The van der Waals surface area contributed by atoms with Gasteiger partial charge < -0.3 is 4.90 Å². The summed E-state index contributed by atoms with van der Waals surface area (Å²) in [6, 6.07) is 5.45. The highest BCUT2D eigenvalue weighted by molar-refractivity contribution is 6.36. The minimum atomic E-state index is 0.211. The van der Waals surface area contributed by atoms with Gasteiger partial charge in [-0.2, -0.15) is 0 Å². The molecule has 19 heavy (non-hydrogen) atoms. The van der Waals surface area contributed by atoms with Crippen LogP contribution < -0.4 is 0 Å². The number of piperidine rings is 1. The van der Waals surface area contributed by atoms with Crippen molar-refractivity contribution in [1.82, 2.24) is 4.90 Å². The lowest BCUT2D eigenvalue weighted by Gasteiger charge is -2.31. The molecule has 0 saturated carbocycles. The standard InChI is InChI=1S/C15H19Cl2NO/c1-11-4-3-9-18(10-11)15(19)8-7-12-13(16)5-2-6-14(12)17/h2,5-6,11H,3-4,7-10H2,1H3. The average Bonchev–Trinajstić information content (AvgIpc) is 2.38. The predicted molar refractivity (Wildman–Crippen MR) is 79.8 cm³/mol. The maximum atomic E-state index is 12.2. The van der Waals surface area contributed by atoms with Crippen LogP contribution >= 0.6 is 23.2 Å². The van der Waals surface area contributed by atoms with E-state index in [0.717, 1.165) is 25.1 Å². The van der Waals surface area contributed by atoms with E-state index in [4.69, 9.17) is 23.2 Å². The molecule has 1 heterocycles. The fourth-order valence-electron chi connectivity index (χ4n) is 2.58. The van der Waals surface area contributed by atoms with Crippen molar-refractivity contribution in [2.24, 2.45) is 5.92 Å². The number of amides is 1. The summed E-state index contributed by atoms with van der Waals surface area (Å²) in [5.74, 6) is 0.823. The van der Waals surface area contributed by atoms with E-state index in [0.29, 0.717) is 28.8 Å². The zero-order chi connectivity index (χ0) is 13.8. The van der Waals surface area contributed by atoms with Crippen molar-refractivity contribution in [2.45, 2.75) is 32.6 Å². The third-order valence-corrected chi connectivity index (χ3v) is 4.37. The minimum absolute atomic E-state index is 0.211. The Balaban J connectivity index is 1.93. The van der Waals surface area contributed by atoms with Crippen molar-refractivity contribution in [3.63, 3.8) is 0 Å². The Labute approximate surface area is 124 Å². The molecule has 1 aliphatic heterocycles. The molecule has 0 N–H and O–H groups in total. The largest absolute Gasteiger partial charge is 0.342 e. The van der Waals surface area contributed by atoms with E-state index in [2.05, 4.69) is 6.92 Å². The Kier molecular flexibility index (Phi) is 5.12. The molecular weight excluding hydrogens is 281 g/mol. The van der Waals surface area contributed by atoms with Crippen LogP contribution in [0.2, 0.25) is 10.0 Å². The zero-order valence-corrected chi connectivity index (χ0v) is 12.7. The number of hydrogen-bond acceptors (Lipinski definition) is 1.